The van der Waals surface area contributed by atoms with E-state index in [1.54, 1.807) is 12.1 Å². The van der Waals surface area contributed by atoms with Gasteiger partial charge in [0.1, 0.15) is 11.5 Å². The topological polar surface area (TPSA) is 80.7 Å². The van der Waals surface area contributed by atoms with E-state index in [2.05, 4.69) is 0 Å². The summed E-state index contributed by atoms with van der Waals surface area (Å²) in [6.45, 7) is 1.14. The third kappa shape index (κ3) is 3.41. The van der Waals surface area contributed by atoms with Gasteiger partial charge in [-0.25, -0.2) is 8.42 Å². The van der Waals surface area contributed by atoms with Crippen LogP contribution in [0.1, 0.15) is 6.92 Å². The lowest BCUT2D eigenvalue weighted by atomic mass is 10.3. The van der Waals surface area contributed by atoms with Crippen LogP contribution in [-0.4, -0.2) is 24.7 Å². The van der Waals surface area contributed by atoms with Crippen molar-refractivity contribution >= 4 is 15.8 Å². The Hall–Kier alpha value is -2.34. The normalized spacial score (nSPS) is 12.6. The van der Waals surface area contributed by atoms with E-state index < -0.39 is 21.1 Å². The Bertz CT molecular complexity index is 720. The highest BCUT2D eigenvalue weighted by atomic mass is 32.2. The highest BCUT2D eigenvalue weighted by Gasteiger charge is 2.29. The molecule has 5 nitrogen and oxygen atoms in total. The van der Waals surface area contributed by atoms with E-state index in [1.165, 1.54) is 24.3 Å². The maximum atomic E-state index is 12.0. The monoisotopic (exact) mass is 306 g/mol. The number of sulfone groups is 1. The molecule has 21 heavy (non-hydrogen) atoms. The minimum absolute atomic E-state index is 0.0437. The summed E-state index contributed by atoms with van der Waals surface area (Å²) < 4.78 is 29.6. The summed E-state index contributed by atoms with van der Waals surface area (Å²) in [4.78, 5) is 10.8. The van der Waals surface area contributed by atoms with Crippen LogP contribution in [0, 0.1) is 0 Å². The number of carboxylic acids is 1. The van der Waals surface area contributed by atoms with Crippen molar-refractivity contribution in [2.24, 2.45) is 0 Å². The molecule has 0 fully saturated rings. The zero-order valence-electron chi connectivity index (χ0n) is 11.3. The largest absolute Gasteiger partial charge is 0.480 e. The summed E-state index contributed by atoms with van der Waals surface area (Å²) in [5.41, 5.74) is 0. The number of rotatable bonds is 5. The van der Waals surface area contributed by atoms with E-state index in [9.17, 15) is 13.2 Å². The quantitative estimate of drug-likeness (QED) is 0.918. The van der Waals surface area contributed by atoms with Crippen LogP contribution in [0.15, 0.2) is 59.5 Å². The Labute approximate surface area is 122 Å². The lowest BCUT2D eigenvalue weighted by Crippen LogP contribution is -2.26. The molecule has 0 aliphatic heterocycles. The average molecular weight is 306 g/mol. The van der Waals surface area contributed by atoms with Crippen molar-refractivity contribution in [1.29, 1.82) is 0 Å². The molecule has 0 spiro atoms. The number of carboxylic acid groups (broad SMARTS) is 1. The Morgan fingerprint density at radius 1 is 1.00 bits per heavy atom. The van der Waals surface area contributed by atoms with Crippen LogP contribution in [0.5, 0.6) is 11.5 Å². The first-order chi connectivity index (χ1) is 9.91. The fourth-order valence-electron chi connectivity index (χ4n) is 1.66. The van der Waals surface area contributed by atoms with Crippen molar-refractivity contribution in [3.63, 3.8) is 0 Å². The second kappa shape index (κ2) is 5.97. The van der Waals surface area contributed by atoms with Gasteiger partial charge in [0.15, 0.2) is 15.1 Å². The van der Waals surface area contributed by atoms with E-state index in [-0.39, 0.29) is 4.90 Å². The number of para-hydroxylation sites is 1. The van der Waals surface area contributed by atoms with E-state index in [1.807, 2.05) is 18.2 Å². The molecule has 1 N–H and O–H groups in total. The maximum absolute atomic E-state index is 12.0. The van der Waals surface area contributed by atoms with E-state index in [0.29, 0.717) is 11.5 Å². The van der Waals surface area contributed by atoms with Crippen molar-refractivity contribution in [3.8, 4) is 11.5 Å². The zero-order chi connectivity index (χ0) is 15.5. The summed E-state index contributed by atoms with van der Waals surface area (Å²) in [5, 5.41) is 7.34. The summed E-state index contributed by atoms with van der Waals surface area (Å²) >= 11 is 0. The molecular formula is C15H14O5S. The SMILES string of the molecule is CC(C(=O)O)S(=O)(=O)c1ccc(Oc2ccccc2)cc1. The van der Waals surface area contributed by atoms with E-state index in [4.69, 9.17) is 9.84 Å². The third-order valence-corrected chi connectivity index (χ3v) is 5.01. The highest BCUT2D eigenvalue weighted by Crippen LogP contribution is 2.24. The molecule has 110 valence electrons. The summed E-state index contributed by atoms with van der Waals surface area (Å²) in [6, 6.07) is 14.7. The van der Waals surface area contributed by atoms with Gasteiger partial charge in [-0.05, 0) is 43.3 Å². The van der Waals surface area contributed by atoms with E-state index >= 15 is 0 Å². The molecule has 1 atom stereocenters. The predicted molar refractivity (Wildman–Crippen MR) is 77.2 cm³/mol. The number of aliphatic carboxylic acids is 1. The second-order valence-corrected chi connectivity index (χ2v) is 6.68. The van der Waals surface area contributed by atoms with Crippen LogP contribution in [-0.2, 0) is 14.6 Å². The minimum atomic E-state index is -3.88. The first kappa shape index (κ1) is 15.1. The Morgan fingerprint density at radius 2 is 1.52 bits per heavy atom. The highest BCUT2D eigenvalue weighted by molar-refractivity contribution is 7.92. The molecular weight excluding hydrogens is 292 g/mol. The van der Waals surface area contributed by atoms with Crippen molar-refractivity contribution in [1.82, 2.24) is 0 Å². The molecule has 0 saturated carbocycles. The fraction of sp³-hybridized carbons (Fsp3) is 0.133. The number of hydrogen-bond acceptors (Lipinski definition) is 4. The molecule has 0 radical (unpaired) electrons. The number of ether oxygens (including phenoxy) is 1. The van der Waals surface area contributed by atoms with Crippen LogP contribution >= 0.6 is 0 Å². The van der Waals surface area contributed by atoms with Gasteiger partial charge in [0.05, 0.1) is 4.90 Å². The minimum Gasteiger partial charge on any atom is -0.480 e. The molecule has 0 saturated heterocycles. The van der Waals surface area contributed by atoms with Crippen LogP contribution in [0.3, 0.4) is 0 Å². The molecule has 0 aromatic heterocycles. The smallest absolute Gasteiger partial charge is 0.321 e. The molecule has 2 aromatic carbocycles. The maximum Gasteiger partial charge on any atom is 0.321 e. The fourth-order valence-corrected chi connectivity index (χ4v) is 2.85. The molecule has 1 unspecified atom stereocenters. The summed E-state index contributed by atoms with van der Waals surface area (Å²) in [7, 11) is -3.88. The van der Waals surface area contributed by atoms with Crippen LogP contribution in [0.25, 0.3) is 0 Å². The lowest BCUT2D eigenvalue weighted by Gasteiger charge is -2.10. The van der Waals surface area contributed by atoms with Crippen LogP contribution in [0.2, 0.25) is 0 Å². The Balaban J connectivity index is 2.21. The Kier molecular flexibility index (Phi) is 4.28. The first-order valence-corrected chi connectivity index (χ1v) is 7.75. The number of benzene rings is 2. The van der Waals surface area contributed by atoms with Crippen molar-refractivity contribution in [3.05, 3.63) is 54.6 Å². The van der Waals surface area contributed by atoms with Crippen molar-refractivity contribution in [2.75, 3.05) is 0 Å². The van der Waals surface area contributed by atoms with Gasteiger partial charge in [0, 0.05) is 0 Å². The van der Waals surface area contributed by atoms with Gasteiger partial charge in [-0.15, -0.1) is 0 Å². The van der Waals surface area contributed by atoms with Gasteiger partial charge in [-0.2, -0.15) is 0 Å². The second-order valence-electron chi connectivity index (χ2n) is 4.41. The first-order valence-electron chi connectivity index (χ1n) is 6.21. The van der Waals surface area contributed by atoms with Gasteiger partial charge in [-0.3, -0.25) is 4.79 Å². The summed E-state index contributed by atoms with van der Waals surface area (Å²) in [6.07, 6.45) is 0. The summed E-state index contributed by atoms with van der Waals surface area (Å²) in [5.74, 6) is -0.269. The zero-order valence-corrected chi connectivity index (χ0v) is 12.1. The van der Waals surface area contributed by atoms with Gasteiger partial charge >= 0.3 is 5.97 Å². The molecule has 2 aromatic rings. The van der Waals surface area contributed by atoms with Gasteiger partial charge < -0.3 is 9.84 Å². The Morgan fingerprint density at radius 3 is 2.05 bits per heavy atom. The van der Waals surface area contributed by atoms with Crippen LogP contribution in [0.4, 0.5) is 0 Å². The van der Waals surface area contributed by atoms with E-state index in [0.717, 1.165) is 6.92 Å². The van der Waals surface area contributed by atoms with Crippen molar-refractivity contribution in [2.45, 2.75) is 17.1 Å². The third-order valence-electron chi connectivity index (χ3n) is 2.94. The average Bonchev–Trinajstić information content (AvgIpc) is 2.48. The van der Waals surface area contributed by atoms with Gasteiger partial charge in [0.25, 0.3) is 0 Å². The molecule has 0 amide bonds. The molecule has 0 heterocycles. The molecule has 0 aliphatic rings. The van der Waals surface area contributed by atoms with Crippen molar-refractivity contribution < 1.29 is 23.1 Å². The standard InChI is InChI=1S/C15H14O5S/c1-11(15(16)17)21(18,19)14-9-7-13(8-10-14)20-12-5-3-2-4-6-12/h2-11H,1H3,(H,16,17). The molecule has 2 rings (SSSR count). The van der Waals surface area contributed by atoms with Crippen LogP contribution < -0.4 is 4.74 Å². The van der Waals surface area contributed by atoms with Gasteiger partial charge in [-0.1, -0.05) is 18.2 Å². The lowest BCUT2D eigenvalue weighted by molar-refractivity contribution is -0.136. The number of hydrogen-bond donors (Lipinski definition) is 1. The molecule has 0 aliphatic carbocycles. The number of carbonyl (C=O) groups is 1. The molecule has 0 bridgehead atoms. The molecule has 6 heteroatoms. The van der Waals surface area contributed by atoms with Gasteiger partial charge in [0.2, 0.25) is 0 Å². The predicted octanol–water partition coefficient (Wildman–Crippen LogP) is 2.73.